The number of allylic oxidation sites excluding steroid dienone is 14. The van der Waals surface area contributed by atoms with E-state index in [1.807, 2.05) is 21.1 Å². The minimum absolute atomic E-state index is 0.145. The summed E-state index contributed by atoms with van der Waals surface area (Å²) in [6.07, 6.45) is 78.1. The summed E-state index contributed by atoms with van der Waals surface area (Å²) in [4.78, 5) is 37.4. The van der Waals surface area contributed by atoms with E-state index in [2.05, 4.69) is 98.9 Å². The van der Waals surface area contributed by atoms with Crippen LogP contribution in [0, 0.1) is 0 Å². The van der Waals surface area contributed by atoms with Crippen LogP contribution in [0.5, 0.6) is 0 Å². The van der Waals surface area contributed by atoms with Crippen LogP contribution in [0.25, 0.3) is 0 Å². The number of esters is 2. The molecule has 9 heteroatoms. The molecule has 0 N–H and O–H groups in total. The molecule has 0 aliphatic rings. The fourth-order valence-corrected chi connectivity index (χ4v) is 9.19. The Hall–Kier alpha value is -3.53. The van der Waals surface area contributed by atoms with Gasteiger partial charge in [-0.1, -0.05) is 272 Å². The second-order valence-corrected chi connectivity index (χ2v) is 23.0. The molecule has 0 spiro atoms. The highest BCUT2D eigenvalue weighted by atomic mass is 16.7. The number of rotatable bonds is 60. The first-order valence-electron chi connectivity index (χ1n) is 32.7. The molecular formula is C70H123NO8. The van der Waals surface area contributed by atoms with Crippen LogP contribution < -0.4 is 5.11 Å². The lowest BCUT2D eigenvalue weighted by molar-refractivity contribution is -0.870. The smallest absolute Gasteiger partial charge is 0.306 e. The van der Waals surface area contributed by atoms with Crippen molar-refractivity contribution in [2.24, 2.45) is 0 Å². The molecule has 9 nitrogen and oxygen atoms in total. The summed E-state index contributed by atoms with van der Waals surface area (Å²) >= 11 is 0. The van der Waals surface area contributed by atoms with Gasteiger partial charge < -0.3 is 33.3 Å². The van der Waals surface area contributed by atoms with Crippen molar-refractivity contribution in [1.29, 1.82) is 0 Å². The van der Waals surface area contributed by atoms with Crippen LogP contribution in [-0.2, 0) is 33.3 Å². The Labute approximate surface area is 487 Å². The molecule has 0 bridgehead atoms. The third-order valence-corrected chi connectivity index (χ3v) is 14.1. The number of carboxylic acids is 1. The quantitative estimate of drug-likeness (QED) is 0.0195. The van der Waals surface area contributed by atoms with Gasteiger partial charge in [-0.25, -0.2) is 0 Å². The normalized spacial score (nSPS) is 13.3. The molecule has 0 aromatic rings. The van der Waals surface area contributed by atoms with Crippen LogP contribution in [0.3, 0.4) is 0 Å². The molecule has 0 aliphatic carbocycles. The maximum absolute atomic E-state index is 12.9. The number of ether oxygens (including phenoxy) is 4. The van der Waals surface area contributed by atoms with Gasteiger partial charge in [0.25, 0.3) is 0 Å². The van der Waals surface area contributed by atoms with Gasteiger partial charge in [-0.05, 0) is 83.5 Å². The molecule has 0 fully saturated rings. The van der Waals surface area contributed by atoms with Crippen molar-refractivity contribution in [2.75, 3.05) is 47.5 Å². The van der Waals surface area contributed by atoms with Crippen molar-refractivity contribution < 1.29 is 42.9 Å². The van der Waals surface area contributed by atoms with E-state index in [1.54, 1.807) is 0 Å². The van der Waals surface area contributed by atoms with Gasteiger partial charge in [0.1, 0.15) is 13.2 Å². The Morgan fingerprint density at radius 3 is 1.01 bits per heavy atom. The van der Waals surface area contributed by atoms with Crippen molar-refractivity contribution in [1.82, 2.24) is 0 Å². The summed E-state index contributed by atoms with van der Waals surface area (Å²) in [6.45, 7) is 4.54. The van der Waals surface area contributed by atoms with Crippen LogP contribution in [0.4, 0.5) is 0 Å². The van der Waals surface area contributed by atoms with E-state index in [-0.39, 0.29) is 38.6 Å². The average molecular weight is 1110 g/mol. The Morgan fingerprint density at radius 2 is 0.684 bits per heavy atom. The highest BCUT2D eigenvalue weighted by Gasteiger charge is 2.22. The number of carbonyl (C=O) groups is 3. The van der Waals surface area contributed by atoms with Gasteiger partial charge in [-0.3, -0.25) is 9.59 Å². The maximum Gasteiger partial charge on any atom is 0.306 e. The van der Waals surface area contributed by atoms with Crippen LogP contribution in [-0.4, -0.2) is 82.3 Å². The molecule has 0 aromatic heterocycles. The van der Waals surface area contributed by atoms with Gasteiger partial charge in [0, 0.05) is 12.8 Å². The molecule has 0 aromatic carbocycles. The third kappa shape index (κ3) is 61.9. The van der Waals surface area contributed by atoms with Crippen molar-refractivity contribution in [2.45, 2.75) is 296 Å². The predicted octanol–water partition coefficient (Wildman–Crippen LogP) is 18.6. The van der Waals surface area contributed by atoms with E-state index in [9.17, 15) is 19.5 Å². The molecule has 0 saturated carbocycles. The van der Waals surface area contributed by atoms with E-state index < -0.39 is 24.3 Å². The summed E-state index contributed by atoms with van der Waals surface area (Å²) in [7, 11) is 5.92. The third-order valence-electron chi connectivity index (χ3n) is 14.1. The van der Waals surface area contributed by atoms with Crippen LogP contribution in [0.1, 0.15) is 284 Å². The number of carbonyl (C=O) groups excluding carboxylic acids is 3. The molecule has 2 atom stereocenters. The molecule has 0 aliphatic heterocycles. The lowest BCUT2D eigenvalue weighted by Gasteiger charge is -2.26. The van der Waals surface area contributed by atoms with Gasteiger partial charge in [-0.15, -0.1) is 0 Å². The molecular weight excluding hydrogens is 983 g/mol. The fraction of sp³-hybridized carbons (Fsp3) is 0.757. The number of likely N-dealkylation sites (N-methyl/N-ethyl adjacent to an activating group) is 1. The van der Waals surface area contributed by atoms with Gasteiger partial charge in [0.05, 0.1) is 40.3 Å². The summed E-state index contributed by atoms with van der Waals surface area (Å²) in [5.41, 5.74) is 0. The van der Waals surface area contributed by atoms with Crippen molar-refractivity contribution >= 4 is 17.9 Å². The second-order valence-electron chi connectivity index (χ2n) is 23.0. The number of nitrogens with zero attached hydrogens (tertiary/aromatic N) is 1. The number of aliphatic carboxylic acids is 1. The topological polar surface area (TPSA) is 111 Å². The largest absolute Gasteiger partial charge is 0.545 e. The van der Waals surface area contributed by atoms with E-state index in [4.69, 9.17) is 18.9 Å². The Bertz CT molecular complexity index is 1570. The summed E-state index contributed by atoms with van der Waals surface area (Å²) in [5, 5.41) is 11.8. The van der Waals surface area contributed by atoms with E-state index in [1.165, 1.54) is 161 Å². The van der Waals surface area contributed by atoms with Crippen LogP contribution in [0.15, 0.2) is 85.1 Å². The van der Waals surface area contributed by atoms with Crippen molar-refractivity contribution in [3.8, 4) is 0 Å². The SMILES string of the molecule is CC/C=C\C/C=C\C/C=C\C/C=C\CCCCCCCCCCCCCCCCCCCCCCCCCCC(=O)OC(COC(=O)CCCCCCCCC/C=C\C/C=C\C/C=C\CC)COC(OCC[N+](C)(C)C)C(=O)[O-]. The first-order chi connectivity index (χ1) is 38.6. The Balaban J connectivity index is 4.02. The van der Waals surface area contributed by atoms with Crippen molar-refractivity contribution in [3.63, 3.8) is 0 Å². The molecule has 2 unspecified atom stereocenters. The Kier molecular flexibility index (Phi) is 57.9. The van der Waals surface area contributed by atoms with Gasteiger partial charge in [0.15, 0.2) is 12.4 Å². The van der Waals surface area contributed by atoms with Gasteiger partial charge >= 0.3 is 11.9 Å². The number of carboxylic acid groups (broad SMARTS) is 1. The van der Waals surface area contributed by atoms with Crippen molar-refractivity contribution in [3.05, 3.63) is 85.1 Å². The zero-order chi connectivity index (χ0) is 57.6. The molecule has 456 valence electrons. The lowest BCUT2D eigenvalue weighted by Crippen LogP contribution is -2.44. The minimum Gasteiger partial charge on any atom is -0.545 e. The lowest BCUT2D eigenvalue weighted by atomic mass is 10.0. The highest BCUT2D eigenvalue weighted by Crippen LogP contribution is 2.17. The zero-order valence-corrected chi connectivity index (χ0v) is 52.0. The maximum atomic E-state index is 12.9. The first-order valence-corrected chi connectivity index (χ1v) is 32.7. The number of unbranched alkanes of at least 4 members (excludes halogenated alkanes) is 31. The number of hydrogen-bond acceptors (Lipinski definition) is 8. The van der Waals surface area contributed by atoms with Gasteiger partial charge in [-0.2, -0.15) is 0 Å². The summed E-state index contributed by atoms with van der Waals surface area (Å²) in [6, 6.07) is 0. The molecule has 0 radical (unpaired) electrons. The zero-order valence-electron chi connectivity index (χ0n) is 52.0. The monoisotopic (exact) mass is 1110 g/mol. The molecule has 0 rings (SSSR count). The first kappa shape index (κ1) is 75.5. The summed E-state index contributed by atoms with van der Waals surface area (Å²) in [5.74, 6) is -2.29. The van der Waals surface area contributed by atoms with E-state index in [0.717, 1.165) is 89.9 Å². The average Bonchev–Trinajstić information content (AvgIpc) is 3.42. The van der Waals surface area contributed by atoms with Gasteiger partial charge in [0.2, 0.25) is 0 Å². The van der Waals surface area contributed by atoms with E-state index in [0.29, 0.717) is 17.4 Å². The molecule has 0 amide bonds. The summed E-state index contributed by atoms with van der Waals surface area (Å²) < 4.78 is 22.7. The number of hydrogen-bond donors (Lipinski definition) is 0. The molecule has 79 heavy (non-hydrogen) atoms. The van der Waals surface area contributed by atoms with Crippen LogP contribution in [0.2, 0.25) is 0 Å². The second kappa shape index (κ2) is 60.6. The minimum atomic E-state index is -1.63. The molecule has 0 heterocycles. The predicted molar refractivity (Wildman–Crippen MR) is 334 cm³/mol. The standard InChI is InChI=1S/C70H123NO8/c1-6-8-10-12-14-16-18-20-22-24-25-26-27-28-29-30-31-32-33-34-35-36-37-38-39-40-41-42-43-45-47-49-51-53-55-57-59-61-68(73)79-66(65-78-70(69(74)75)76-63-62-71(3,4)5)64-77-67(72)60-58-56-54-52-50-48-46-44-23-21-19-17-15-13-11-9-7-2/h8-11,14-17,20-23,25-26,66,70H,6-7,12-13,18-19,24,27-65H2,1-5H3/b10-8-,11-9-,16-14-,17-15-,22-20-,23-21-,26-25-. The van der Waals surface area contributed by atoms with E-state index >= 15 is 0 Å². The highest BCUT2D eigenvalue weighted by molar-refractivity contribution is 5.70. The van der Waals surface area contributed by atoms with Crippen LogP contribution >= 0.6 is 0 Å². The Morgan fingerprint density at radius 1 is 0.380 bits per heavy atom. The molecule has 0 saturated heterocycles. The number of quaternary nitrogens is 1. The fourth-order valence-electron chi connectivity index (χ4n) is 9.19.